The van der Waals surface area contributed by atoms with E-state index in [0.717, 1.165) is 38.6 Å². The molecule has 2 amide bonds. The van der Waals surface area contributed by atoms with Crippen molar-refractivity contribution >= 4 is 12.0 Å². The van der Waals surface area contributed by atoms with Crippen LogP contribution in [0.5, 0.6) is 0 Å². The summed E-state index contributed by atoms with van der Waals surface area (Å²) in [5.74, 6) is -0.962. The lowest BCUT2D eigenvalue weighted by Gasteiger charge is -2.40. The van der Waals surface area contributed by atoms with Gasteiger partial charge in [0.15, 0.2) is 0 Å². The smallest absolute Gasteiger partial charge is 0.323 e. The highest BCUT2D eigenvalue weighted by atomic mass is 16.4. The van der Waals surface area contributed by atoms with Crippen LogP contribution in [0.1, 0.15) is 59.8 Å². The van der Waals surface area contributed by atoms with Crippen LogP contribution in [0.2, 0.25) is 0 Å². The summed E-state index contributed by atoms with van der Waals surface area (Å²) in [6.45, 7) is 8.24. The number of nitrogens with zero attached hydrogens (tertiary/aromatic N) is 2. The highest BCUT2D eigenvalue weighted by molar-refractivity contribution is 5.81. The maximum absolute atomic E-state index is 12.8. The standard InChI is InChI=1S/C15H28N2O3/c1-5-12-9-7-6-8-10-16(12)14(20)17(11-13(18)19)15(2,3)4/h12H,5-11H2,1-4H3,(H,18,19). The van der Waals surface area contributed by atoms with Crippen molar-refractivity contribution in [2.45, 2.75) is 71.4 Å². The SMILES string of the molecule is CCC1CCCCCN1C(=O)N(CC(=O)O)C(C)(C)C. The summed E-state index contributed by atoms with van der Waals surface area (Å²) >= 11 is 0. The number of carboxylic acid groups (broad SMARTS) is 1. The molecule has 0 aromatic heterocycles. The van der Waals surface area contributed by atoms with Crippen molar-refractivity contribution in [1.82, 2.24) is 9.80 Å². The Morgan fingerprint density at radius 3 is 2.40 bits per heavy atom. The molecule has 1 atom stereocenters. The fraction of sp³-hybridized carbons (Fsp3) is 0.867. The second-order valence-corrected chi connectivity index (χ2v) is 6.54. The van der Waals surface area contributed by atoms with Crippen LogP contribution < -0.4 is 0 Å². The number of amides is 2. The first-order chi connectivity index (χ1) is 9.27. The van der Waals surface area contributed by atoms with E-state index in [9.17, 15) is 9.59 Å². The molecule has 1 rings (SSSR count). The lowest BCUT2D eigenvalue weighted by Crippen LogP contribution is -2.55. The van der Waals surface area contributed by atoms with Crippen LogP contribution in [0.15, 0.2) is 0 Å². The summed E-state index contributed by atoms with van der Waals surface area (Å²) in [5.41, 5.74) is -0.486. The van der Waals surface area contributed by atoms with Crippen LogP contribution >= 0.6 is 0 Å². The molecular formula is C15H28N2O3. The van der Waals surface area contributed by atoms with E-state index in [2.05, 4.69) is 6.92 Å². The zero-order valence-corrected chi connectivity index (χ0v) is 13.2. The Morgan fingerprint density at radius 1 is 1.25 bits per heavy atom. The van der Waals surface area contributed by atoms with E-state index in [1.165, 1.54) is 4.90 Å². The Bertz CT molecular complexity index is 350. The number of aliphatic carboxylic acids is 1. The molecule has 1 heterocycles. The zero-order valence-electron chi connectivity index (χ0n) is 13.2. The van der Waals surface area contributed by atoms with Crippen LogP contribution in [0.25, 0.3) is 0 Å². The van der Waals surface area contributed by atoms with Gasteiger partial charge >= 0.3 is 12.0 Å². The number of likely N-dealkylation sites (tertiary alicyclic amines) is 1. The first-order valence-electron chi connectivity index (χ1n) is 7.57. The Morgan fingerprint density at radius 2 is 1.90 bits per heavy atom. The van der Waals surface area contributed by atoms with E-state index in [4.69, 9.17) is 5.11 Å². The van der Waals surface area contributed by atoms with Crippen molar-refractivity contribution in [2.75, 3.05) is 13.1 Å². The van der Waals surface area contributed by atoms with Gasteiger partial charge in [-0.15, -0.1) is 0 Å². The molecule has 20 heavy (non-hydrogen) atoms. The summed E-state index contributed by atoms with van der Waals surface area (Å²) in [5, 5.41) is 9.06. The third-order valence-electron chi connectivity index (χ3n) is 3.93. The van der Waals surface area contributed by atoms with Gasteiger partial charge in [-0.1, -0.05) is 19.8 Å². The molecule has 0 aromatic rings. The first kappa shape index (κ1) is 16.8. The Hall–Kier alpha value is -1.26. The molecule has 1 unspecified atom stereocenters. The Balaban J connectivity index is 2.93. The second-order valence-electron chi connectivity index (χ2n) is 6.54. The number of urea groups is 1. The zero-order chi connectivity index (χ0) is 15.3. The van der Waals surface area contributed by atoms with E-state index in [-0.39, 0.29) is 18.6 Å². The monoisotopic (exact) mass is 284 g/mol. The number of hydrogen-bond donors (Lipinski definition) is 1. The van der Waals surface area contributed by atoms with Crippen molar-refractivity contribution < 1.29 is 14.7 Å². The lowest BCUT2D eigenvalue weighted by atomic mass is 10.1. The molecule has 1 fully saturated rings. The van der Waals surface area contributed by atoms with Gasteiger partial charge in [-0.05, 0) is 40.0 Å². The highest BCUT2D eigenvalue weighted by Gasteiger charge is 2.34. The molecule has 1 saturated heterocycles. The molecule has 0 aliphatic carbocycles. The van der Waals surface area contributed by atoms with Crippen molar-refractivity contribution in [2.24, 2.45) is 0 Å². The van der Waals surface area contributed by atoms with E-state index < -0.39 is 11.5 Å². The maximum Gasteiger partial charge on any atom is 0.323 e. The predicted molar refractivity (Wildman–Crippen MR) is 78.7 cm³/mol. The molecular weight excluding hydrogens is 256 g/mol. The van der Waals surface area contributed by atoms with Crippen molar-refractivity contribution in [3.63, 3.8) is 0 Å². The number of carbonyl (C=O) groups excluding carboxylic acids is 1. The van der Waals surface area contributed by atoms with Gasteiger partial charge in [-0.3, -0.25) is 4.79 Å². The molecule has 116 valence electrons. The van der Waals surface area contributed by atoms with Crippen molar-refractivity contribution in [1.29, 1.82) is 0 Å². The number of carbonyl (C=O) groups is 2. The van der Waals surface area contributed by atoms with Crippen LogP contribution in [0.4, 0.5) is 4.79 Å². The molecule has 0 aromatic carbocycles. The minimum absolute atomic E-state index is 0.131. The van der Waals surface area contributed by atoms with Crippen LogP contribution in [-0.4, -0.2) is 51.6 Å². The van der Waals surface area contributed by atoms with E-state index in [1.807, 2.05) is 25.7 Å². The summed E-state index contributed by atoms with van der Waals surface area (Å²) in [7, 11) is 0. The number of rotatable bonds is 3. The molecule has 5 nitrogen and oxygen atoms in total. The lowest BCUT2D eigenvalue weighted by molar-refractivity contribution is -0.138. The molecule has 0 bridgehead atoms. The summed E-state index contributed by atoms with van der Waals surface area (Å²) < 4.78 is 0. The molecule has 1 N–H and O–H groups in total. The topological polar surface area (TPSA) is 60.9 Å². The van der Waals surface area contributed by atoms with Gasteiger partial charge in [0.25, 0.3) is 0 Å². The van der Waals surface area contributed by atoms with Gasteiger partial charge in [0, 0.05) is 18.1 Å². The van der Waals surface area contributed by atoms with Crippen molar-refractivity contribution in [3.05, 3.63) is 0 Å². The van der Waals surface area contributed by atoms with Gasteiger partial charge in [-0.2, -0.15) is 0 Å². The Kier molecular flexibility index (Phi) is 5.84. The molecule has 1 aliphatic heterocycles. The summed E-state index contributed by atoms with van der Waals surface area (Å²) in [6.07, 6.45) is 5.25. The summed E-state index contributed by atoms with van der Waals surface area (Å²) in [4.78, 5) is 27.2. The normalized spacial score (nSPS) is 20.4. The second kappa shape index (κ2) is 6.95. The maximum atomic E-state index is 12.8. The van der Waals surface area contributed by atoms with E-state index in [0.29, 0.717) is 0 Å². The van der Waals surface area contributed by atoms with Gasteiger partial charge < -0.3 is 14.9 Å². The number of hydrogen-bond acceptors (Lipinski definition) is 2. The molecule has 0 radical (unpaired) electrons. The van der Waals surface area contributed by atoms with E-state index >= 15 is 0 Å². The van der Waals surface area contributed by atoms with Crippen molar-refractivity contribution in [3.8, 4) is 0 Å². The van der Waals surface area contributed by atoms with Gasteiger partial charge in [0.1, 0.15) is 6.54 Å². The average Bonchev–Trinajstić information content (AvgIpc) is 2.58. The van der Waals surface area contributed by atoms with Gasteiger partial charge in [0.05, 0.1) is 0 Å². The molecule has 0 spiro atoms. The quantitative estimate of drug-likeness (QED) is 0.866. The third kappa shape index (κ3) is 4.39. The van der Waals surface area contributed by atoms with Crippen LogP contribution in [0, 0.1) is 0 Å². The molecule has 0 saturated carbocycles. The highest BCUT2D eigenvalue weighted by Crippen LogP contribution is 2.23. The van der Waals surface area contributed by atoms with E-state index in [1.54, 1.807) is 0 Å². The van der Waals surface area contributed by atoms with Gasteiger partial charge in [0.2, 0.25) is 0 Å². The molecule has 5 heteroatoms. The molecule has 1 aliphatic rings. The fourth-order valence-corrected chi connectivity index (χ4v) is 2.74. The average molecular weight is 284 g/mol. The fourth-order valence-electron chi connectivity index (χ4n) is 2.74. The van der Waals surface area contributed by atoms with Gasteiger partial charge in [-0.25, -0.2) is 4.79 Å². The number of carboxylic acids is 1. The largest absolute Gasteiger partial charge is 0.480 e. The van der Waals surface area contributed by atoms with Crippen LogP contribution in [-0.2, 0) is 4.79 Å². The third-order valence-corrected chi connectivity index (χ3v) is 3.93. The minimum atomic E-state index is -0.962. The summed E-state index contributed by atoms with van der Waals surface area (Å²) in [6, 6.07) is 0.109. The first-order valence-corrected chi connectivity index (χ1v) is 7.57. The Labute approximate surface area is 121 Å². The predicted octanol–water partition coefficient (Wildman–Crippen LogP) is 2.95. The minimum Gasteiger partial charge on any atom is -0.480 e. The van der Waals surface area contributed by atoms with Crippen LogP contribution in [0.3, 0.4) is 0 Å².